The Balaban J connectivity index is 1.91. The maximum Gasteiger partial charge on any atom is 0.262 e. The van der Waals surface area contributed by atoms with E-state index in [4.69, 9.17) is 4.74 Å². The van der Waals surface area contributed by atoms with Crippen molar-refractivity contribution in [2.24, 2.45) is 0 Å². The molecule has 2 aromatic carbocycles. The molecule has 0 atom stereocenters. The lowest BCUT2D eigenvalue weighted by atomic mass is 10.2. The van der Waals surface area contributed by atoms with Crippen LogP contribution in [0.2, 0.25) is 0 Å². The van der Waals surface area contributed by atoms with Gasteiger partial charge < -0.3 is 20.0 Å². The number of para-hydroxylation sites is 1. The number of rotatable bonds is 5. The second-order valence-corrected chi connectivity index (χ2v) is 4.02. The van der Waals surface area contributed by atoms with Gasteiger partial charge in [-0.3, -0.25) is 4.79 Å². The topological polar surface area (TPSA) is 78.5 Å². The number of carboxylic acid groups (broad SMARTS) is 1. The van der Waals surface area contributed by atoms with E-state index in [9.17, 15) is 14.7 Å². The lowest BCUT2D eigenvalue weighted by Gasteiger charge is -2.09. The molecule has 0 aliphatic carbocycles. The lowest BCUT2D eigenvalue weighted by Crippen LogP contribution is -2.23. The normalized spacial score (nSPS) is 9.80. The first-order valence-corrected chi connectivity index (χ1v) is 5.94. The van der Waals surface area contributed by atoms with Gasteiger partial charge >= 0.3 is 0 Å². The number of ether oxygens (including phenoxy) is 1. The van der Waals surface area contributed by atoms with E-state index in [1.165, 1.54) is 18.2 Å². The molecule has 0 bridgehead atoms. The Kier molecular flexibility index (Phi) is 4.34. The molecule has 0 aliphatic rings. The maximum atomic E-state index is 11.7. The number of nitrogens with one attached hydrogen (secondary N) is 1. The van der Waals surface area contributed by atoms with Crippen LogP contribution in [0.3, 0.4) is 0 Å². The van der Waals surface area contributed by atoms with Crippen LogP contribution >= 0.6 is 0 Å². The molecule has 0 radical (unpaired) electrons. The van der Waals surface area contributed by atoms with Gasteiger partial charge in [0.2, 0.25) is 0 Å². The number of hydrogen-bond donors (Lipinski definition) is 1. The number of carbonyl (C=O) groups excluding carboxylic acids is 2. The first-order valence-electron chi connectivity index (χ1n) is 5.94. The summed E-state index contributed by atoms with van der Waals surface area (Å²) in [5.41, 5.74) is 0.389. The van der Waals surface area contributed by atoms with Gasteiger partial charge in [-0.15, -0.1) is 0 Å². The standard InChI is InChI=1S/C15H13NO4/c17-14(10-20-13-7-2-1-3-8-13)16-12-6-4-5-11(9-12)15(18)19/h1-9H,10H2,(H,16,17)(H,18,19)/p-1. The van der Waals surface area contributed by atoms with Crippen molar-refractivity contribution < 1.29 is 19.4 Å². The average molecular weight is 270 g/mol. The van der Waals surface area contributed by atoms with Gasteiger partial charge in [-0.1, -0.05) is 30.3 Å². The fraction of sp³-hybridized carbons (Fsp3) is 0.0667. The van der Waals surface area contributed by atoms with E-state index in [1.54, 1.807) is 30.3 Å². The van der Waals surface area contributed by atoms with E-state index in [1.807, 2.05) is 6.07 Å². The van der Waals surface area contributed by atoms with Gasteiger partial charge in [0.25, 0.3) is 5.91 Å². The monoisotopic (exact) mass is 270 g/mol. The zero-order valence-corrected chi connectivity index (χ0v) is 10.5. The first-order chi connectivity index (χ1) is 9.65. The number of carbonyl (C=O) groups is 2. The minimum absolute atomic E-state index is 0.00628. The molecule has 0 saturated carbocycles. The quantitative estimate of drug-likeness (QED) is 0.881. The first kappa shape index (κ1) is 13.6. The highest BCUT2D eigenvalue weighted by atomic mass is 16.5. The van der Waals surface area contributed by atoms with Gasteiger partial charge in [-0.2, -0.15) is 0 Å². The van der Waals surface area contributed by atoms with Crippen molar-refractivity contribution >= 4 is 17.6 Å². The number of carboxylic acids is 1. The summed E-state index contributed by atoms with van der Waals surface area (Å²) in [6.45, 7) is -0.153. The second-order valence-electron chi connectivity index (χ2n) is 4.02. The Morgan fingerprint density at radius 1 is 1.05 bits per heavy atom. The van der Waals surface area contributed by atoms with Crippen LogP contribution in [0.4, 0.5) is 5.69 Å². The van der Waals surface area contributed by atoms with E-state index in [2.05, 4.69) is 5.32 Å². The van der Waals surface area contributed by atoms with Gasteiger partial charge in [0.15, 0.2) is 6.61 Å². The molecule has 102 valence electrons. The molecule has 0 spiro atoms. The molecule has 0 unspecified atom stereocenters. The SMILES string of the molecule is O=C(COc1ccccc1)Nc1cccc(C(=O)[O-])c1. The summed E-state index contributed by atoms with van der Waals surface area (Å²) in [6, 6.07) is 14.8. The number of amides is 1. The van der Waals surface area contributed by atoms with Gasteiger partial charge in [0.05, 0.1) is 5.97 Å². The number of hydrogen-bond acceptors (Lipinski definition) is 4. The summed E-state index contributed by atoms with van der Waals surface area (Å²) in [5.74, 6) is -1.07. The molecule has 1 amide bonds. The highest BCUT2D eigenvalue weighted by molar-refractivity contribution is 5.94. The van der Waals surface area contributed by atoms with Gasteiger partial charge in [0.1, 0.15) is 5.75 Å². The summed E-state index contributed by atoms with van der Waals surface area (Å²) in [7, 11) is 0. The predicted molar refractivity (Wildman–Crippen MR) is 71.3 cm³/mol. The third-order valence-electron chi connectivity index (χ3n) is 2.50. The largest absolute Gasteiger partial charge is 0.545 e. The molecule has 0 aromatic heterocycles. The van der Waals surface area contributed by atoms with Gasteiger partial charge in [0, 0.05) is 5.69 Å². The Morgan fingerprint density at radius 2 is 1.80 bits per heavy atom. The van der Waals surface area contributed by atoms with Crippen LogP contribution in [0.1, 0.15) is 10.4 Å². The molecule has 2 rings (SSSR count). The Hall–Kier alpha value is -2.82. The van der Waals surface area contributed by atoms with E-state index in [0.717, 1.165) is 0 Å². The van der Waals surface area contributed by atoms with E-state index < -0.39 is 5.97 Å². The summed E-state index contributed by atoms with van der Waals surface area (Å²) in [5, 5.41) is 13.3. The summed E-state index contributed by atoms with van der Waals surface area (Å²) < 4.78 is 5.28. The average Bonchev–Trinajstić information content (AvgIpc) is 2.46. The van der Waals surface area contributed by atoms with Crippen molar-refractivity contribution in [1.82, 2.24) is 0 Å². The fourth-order valence-corrected chi connectivity index (χ4v) is 1.59. The molecule has 20 heavy (non-hydrogen) atoms. The van der Waals surface area contributed by atoms with Crippen LogP contribution in [-0.4, -0.2) is 18.5 Å². The summed E-state index contributed by atoms with van der Waals surface area (Å²) in [6.07, 6.45) is 0. The number of anilines is 1. The van der Waals surface area contributed by atoms with Crippen LogP contribution in [0, 0.1) is 0 Å². The lowest BCUT2D eigenvalue weighted by molar-refractivity contribution is -0.255. The minimum Gasteiger partial charge on any atom is -0.545 e. The maximum absolute atomic E-state index is 11.7. The molecule has 1 N–H and O–H groups in total. The Morgan fingerprint density at radius 3 is 2.50 bits per heavy atom. The molecular formula is C15H12NO4-. The van der Waals surface area contributed by atoms with Crippen LogP contribution < -0.4 is 15.2 Å². The Labute approximate surface area is 115 Å². The zero-order valence-electron chi connectivity index (χ0n) is 10.5. The zero-order chi connectivity index (χ0) is 14.4. The van der Waals surface area contributed by atoms with Crippen molar-refractivity contribution in [3.8, 4) is 5.75 Å². The van der Waals surface area contributed by atoms with Crippen LogP contribution in [0.15, 0.2) is 54.6 Å². The highest BCUT2D eigenvalue weighted by Crippen LogP contribution is 2.11. The third-order valence-corrected chi connectivity index (χ3v) is 2.50. The van der Waals surface area contributed by atoms with E-state index in [-0.39, 0.29) is 18.1 Å². The van der Waals surface area contributed by atoms with E-state index in [0.29, 0.717) is 11.4 Å². The van der Waals surface area contributed by atoms with Crippen molar-refractivity contribution in [3.05, 3.63) is 60.2 Å². The van der Waals surface area contributed by atoms with E-state index >= 15 is 0 Å². The molecule has 0 heterocycles. The molecule has 0 aliphatic heterocycles. The van der Waals surface area contributed by atoms with Gasteiger partial charge in [-0.25, -0.2) is 0 Å². The highest BCUT2D eigenvalue weighted by Gasteiger charge is 2.04. The van der Waals surface area contributed by atoms with Crippen molar-refractivity contribution in [3.63, 3.8) is 0 Å². The fourth-order valence-electron chi connectivity index (χ4n) is 1.59. The predicted octanol–water partition coefficient (Wildman–Crippen LogP) is 1.07. The van der Waals surface area contributed by atoms with Crippen molar-refractivity contribution in [2.45, 2.75) is 0 Å². The molecule has 5 nitrogen and oxygen atoms in total. The third kappa shape index (κ3) is 3.84. The Bertz CT molecular complexity index is 610. The molecular weight excluding hydrogens is 258 g/mol. The molecule has 2 aromatic rings. The van der Waals surface area contributed by atoms with Crippen molar-refractivity contribution in [2.75, 3.05) is 11.9 Å². The summed E-state index contributed by atoms with van der Waals surface area (Å²) >= 11 is 0. The summed E-state index contributed by atoms with van der Waals surface area (Å²) in [4.78, 5) is 22.4. The van der Waals surface area contributed by atoms with Crippen LogP contribution in [0.5, 0.6) is 5.75 Å². The molecule has 0 fully saturated rings. The minimum atomic E-state index is -1.29. The second kappa shape index (κ2) is 6.38. The van der Waals surface area contributed by atoms with Crippen LogP contribution in [0.25, 0.3) is 0 Å². The van der Waals surface area contributed by atoms with Crippen molar-refractivity contribution in [1.29, 1.82) is 0 Å². The van der Waals surface area contributed by atoms with Gasteiger partial charge in [-0.05, 0) is 29.8 Å². The molecule has 0 saturated heterocycles. The smallest absolute Gasteiger partial charge is 0.262 e. The molecule has 5 heteroatoms. The van der Waals surface area contributed by atoms with Crippen LogP contribution in [-0.2, 0) is 4.79 Å². The number of aromatic carboxylic acids is 1. The number of benzene rings is 2.